The van der Waals surface area contributed by atoms with Gasteiger partial charge in [-0.1, -0.05) is 34.2 Å². The molecule has 0 fully saturated rings. The number of nitrogens with one attached hydrogen (secondary N) is 1. The maximum atomic E-state index is 12.7. The average Bonchev–Trinajstić information content (AvgIpc) is 2.34. The number of carbonyl (C=O) groups excluding carboxylic acids is 1. The monoisotopic (exact) mass is 355 g/mol. The Balaban J connectivity index is 2.90. The zero-order valence-corrected chi connectivity index (χ0v) is 12.1. The lowest BCUT2D eigenvalue weighted by Gasteiger charge is -2.12. The van der Waals surface area contributed by atoms with Crippen molar-refractivity contribution in [3.63, 3.8) is 0 Å². The van der Waals surface area contributed by atoms with E-state index in [1.54, 1.807) is 0 Å². The fourth-order valence-corrected chi connectivity index (χ4v) is 1.88. The van der Waals surface area contributed by atoms with Gasteiger partial charge in [0.15, 0.2) is 0 Å². The molecule has 0 aliphatic heterocycles. The molecule has 0 saturated heterocycles. The van der Waals surface area contributed by atoms with Crippen LogP contribution in [-0.2, 0) is 15.7 Å². The lowest BCUT2D eigenvalue weighted by Crippen LogP contribution is -2.29. The number of ether oxygens (including phenoxy) is 1. The van der Waals surface area contributed by atoms with Crippen LogP contribution in [0.25, 0.3) is 0 Å². The molecule has 3 nitrogen and oxygen atoms in total. The van der Waals surface area contributed by atoms with Gasteiger partial charge in [-0.05, 0) is 12.1 Å². The van der Waals surface area contributed by atoms with Crippen LogP contribution in [0.4, 0.5) is 13.2 Å². The first kappa shape index (κ1) is 15.9. The van der Waals surface area contributed by atoms with Crippen molar-refractivity contribution in [3.05, 3.63) is 33.8 Å². The van der Waals surface area contributed by atoms with Crippen molar-refractivity contribution in [2.75, 3.05) is 13.7 Å². The number of thiocarbonyl (C=S) groups is 1. The van der Waals surface area contributed by atoms with E-state index in [0.29, 0.717) is 0 Å². The highest BCUT2D eigenvalue weighted by Crippen LogP contribution is 2.35. The van der Waals surface area contributed by atoms with Gasteiger partial charge in [-0.3, -0.25) is 4.79 Å². The van der Waals surface area contributed by atoms with Gasteiger partial charge in [0.25, 0.3) is 0 Å². The van der Waals surface area contributed by atoms with E-state index in [0.717, 1.165) is 6.07 Å². The van der Waals surface area contributed by atoms with Crippen molar-refractivity contribution in [2.24, 2.45) is 0 Å². The molecule has 0 spiro atoms. The fraction of sp³-hybridized carbons (Fsp3) is 0.273. The number of rotatable bonds is 3. The van der Waals surface area contributed by atoms with E-state index >= 15 is 0 Å². The highest BCUT2D eigenvalue weighted by molar-refractivity contribution is 9.10. The smallest absolute Gasteiger partial charge is 0.417 e. The molecule has 0 atom stereocenters. The lowest BCUT2D eigenvalue weighted by atomic mass is 10.1. The van der Waals surface area contributed by atoms with Gasteiger partial charge in [-0.25, -0.2) is 0 Å². The highest BCUT2D eigenvalue weighted by Gasteiger charge is 2.33. The minimum atomic E-state index is -4.48. The molecule has 8 heteroatoms. The van der Waals surface area contributed by atoms with E-state index in [9.17, 15) is 18.0 Å². The molecular weight excluding hydrogens is 347 g/mol. The molecule has 0 heterocycles. The molecule has 0 bridgehead atoms. The standard InChI is InChI=1S/C11H9BrF3NO2S/c1-18-9(17)5-16-10(19)6-2-3-8(12)7(4-6)11(13,14)15/h2-4H,5H2,1H3,(H,16,19). The Morgan fingerprint density at radius 2 is 2.11 bits per heavy atom. The first-order valence-electron chi connectivity index (χ1n) is 4.97. The Labute approximate surface area is 121 Å². The minimum Gasteiger partial charge on any atom is -0.468 e. The summed E-state index contributed by atoms with van der Waals surface area (Å²) >= 11 is 7.74. The third-order valence-electron chi connectivity index (χ3n) is 2.15. The van der Waals surface area contributed by atoms with E-state index in [-0.39, 0.29) is 21.6 Å². The molecule has 0 aliphatic carbocycles. The first-order chi connectivity index (χ1) is 8.75. The molecular formula is C11H9BrF3NO2S. The maximum absolute atomic E-state index is 12.7. The Kier molecular flexibility index (Phi) is 5.30. The summed E-state index contributed by atoms with van der Waals surface area (Å²) in [4.78, 5) is 10.9. The van der Waals surface area contributed by atoms with Crippen molar-refractivity contribution in [1.29, 1.82) is 0 Å². The van der Waals surface area contributed by atoms with Crippen molar-refractivity contribution in [3.8, 4) is 0 Å². The van der Waals surface area contributed by atoms with Crippen LogP contribution in [0.1, 0.15) is 11.1 Å². The van der Waals surface area contributed by atoms with Crippen molar-refractivity contribution in [1.82, 2.24) is 5.32 Å². The van der Waals surface area contributed by atoms with E-state index < -0.39 is 17.7 Å². The molecule has 1 N–H and O–H groups in total. The Hall–Kier alpha value is -1.15. The van der Waals surface area contributed by atoms with E-state index in [1.807, 2.05) is 0 Å². The van der Waals surface area contributed by atoms with Crippen molar-refractivity contribution in [2.45, 2.75) is 6.18 Å². The largest absolute Gasteiger partial charge is 0.468 e. The first-order valence-corrected chi connectivity index (χ1v) is 6.17. The average molecular weight is 356 g/mol. The molecule has 0 amide bonds. The van der Waals surface area contributed by atoms with Crippen molar-refractivity contribution < 1.29 is 22.7 Å². The molecule has 19 heavy (non-hydrogen) atoms. The number of methoxy groups -OCH3 is 1. The van der Waals surface area contributed by atoms with E-state index in [2.05, 4.69) is 26.0 Å². The van der Waals surface area contributed by atoms with Gasteiger partial charge in [-0.15, -0.1) is 0 Å². The quantitative estimate of drug-likeness (QED) is 0.668. The predicted molar refractivity (Wildman–Crippen MR) is 70.9 cm³/mol. The van der Waals surface area contributed by atoms with Crippen LogP contribution in [-0.4, -0.2) is 24.6 Å². The molecule has 0 unspecified atom stereocenters. The van der Waals surface area contributed by atoms with Gasteiger partial charge in [0.2, 0.25) is 0 Å². The van der Waals surface area contributed by atoms with Crippen LogP contribution in [0.5, 0.6) is 0 Å². The van der Waals surface area contributed by atoms with Gasteiger partial charge >= 0.3 is 12.1 Å². The van der Waals surface area contributed by atoms with Gasteiger partial charge < -0.3 is 10.1 Å². The van der Waals surface area contributed by atoms with Crippen LogP contribution < -0.4 is 5.32 Å². The summed E-state index contributed by atoms with van der Waals surface area (Å²) < 4.78 is 42.4. The van der Waals surface area contributed by atoms with Gasteiger partial charge in [0.1, 0.15) is 11.5 Å². The zero-order valence-electron chi connectivity index (χ0n) is 9.68. The van der Waals surface area contributed by atoms with Gasteiger partial charge in [0.05, 0.1) is 12.7 Å². The summed E-state index contributed by atoms with van der Waals surface area (Å²) in [6.45, 7) is -0.202. The number of halogens is 4. The van der Waals surface area contributed by atoms with Crippen LogP contribution in [0.15, 0.2) is 22.7 Å². The Morgan fingerprint density at radius 3 is 2.63 bits per heavy atom. The third kappa shape index (κ3) is 4.46. The topological polar surface area (TPSA) is 38.3 Å². The molecule has 0 radical (unpaired) electrons. The number of carbonyl (C=O) groups is 1. The fourth-order valence-electron chi connectivity index (χ4n) is 1.21. The minimum absolute atomic E-state index is 0.0448. The number of hydrogen-bond donors (Lipinski definition) is 1. The highest BCUT2D eigenvalue weighted by atomic mass is 79.9. The molecule has 0 saturated carbocycles. The normalized spacial score (nSPS) is 11.0. The number of benzene rings is 1. The lowest BCUT2D eigenvalue weighted by molar-refractivity contribution is -0.139. The Bertz CT molecular complexity index is 505. The van der Waals surface area contributed by atoms with E-state index in [4.69, 9.17) is 12.2 Å². The van der Waals surface area contributed by atoms with E-state index in [1.165, 1.54) is 19.2 Å². The summed E-state index contributed by atoms with van der Waals surface area (Å²) in [6.07, 6.45) is -4.48. The summed E-state index contributed by atoms with van der Waals surface area (Å²) in [7, 11) is 1.20. The zero-order chi connectivity index (χ0) is 14.6. The second-order valence-corrected chi connectivity index (χ2v) is 4.71. The molecule has 104 valence electrons. The van der Waals surface area contributed by atoms with Crippen molar-refractivity contribution >= 4 is 39.1 Å². The summed E-state index contributed by atoms with van der Waals surface area (Å²) in [6, 6.07) is 3.59. The molecule has 1 rings (SSSR count). The number of esters is 1. The Morgan fingerprint density at radius 1 is 1.47 bits per heavy atom. The third-order valence-corrected chi connectivity index (χ3v) is 3.23. The number of hydrogen-bond acceptors (Lipinski definition) is 3. The molecule has 1 aromatic rings. The van der Waals surface area contributed by atoms with Gasteiger partial charge in [-0.2, -0.15) is 13.2 Å². The predicted octanol–water partition coefficient (Wildman–Crippen LogP) is 2.91. The second-order valence-electron chi connectivity index (χ2n) is 3.45. The van der Waals surface area contributed by atoms with Crippen LogP contribution in [0.3, 0.4) is 0 Å². The molecule has 0 aliphatic rings. The van der Waals surface area contributed by atoms with Crippen LogP contribution >= 0.6 is 28.1 Å². The van der Waals surface area contributed by atoms with Crippen LogP contribution in [0.2, 0.25) is 0 Å². The van der Waals surface area contributed by atoms with Gasteiger partial charge in [0, 0.05) is 10.0 Å². The molecule has 0 aromatic heterocycles. The summed E-state index contributed by atoms with van der Waals surface area (Å²) in [5.41, 5.74) is -0.651. The number of alkyl halides is 3. The SMILES string of the molecule is COC(=O)CNC(=S)c1ccc(Br)c(C(F)(F)F)c1. The maximum Gasteiger partial charge on any atom is 0.417 e. The summed E-state index contributed by atoms with van der Waals surface area (Å²) in [5.74, 6) is -0.560. The second kappa shape index (κ2) is 6.33. The molecule has 1 aromatic carbocycles. The summed E-state index contributed by atoms with van der Waals surface area (Å²) in [5, 5.41) is 2.52. The van der Waals surface area contributed by atoms with Crippen LogP contribution in [0, 0.1) is 0 Å².